The van der Waals surface area contributed by atoms with E-state index in [1.807, 2.05) is 16.9 Å². The third-order valence-electron chi connectivity index (χ3n) is 9.60. The fourth-order valence-corrected chi connectivity index (χ4v) is 7.42. The van der Waals surface area contributed by atoms with Crippen molar-refractivity contribution in [3.05, 3.63) is 130 Å². The van der Waals surface area contributed by atoms with Gasteiger partial charge in [0.25, 0.3) is 0 Å². The molecule has 262 valence electrons. The van der Waals surface area contributed by atoms with Crippen LogP contribution < -0.4 is 4.74 Å². The van der Waals surface area contributed by atoms with Crippen molar-refractivity contribution in [2.24, 2.45) is 5.92 Å². The third-order valence-corrected chi connectivity index (χ3v) is 9.60. The zero-order chi connectivity index (χ0) is 35.5. The molecule has 0 bridgehead atoms. The SMILES string of the molecule is Cc1cc(C)c(-c2c(C)nn(-c3[c-]c(Oc4[c-]c5c(cc4)c4ccccc4n5-c4cc(CC(C)C)ccn4)cc(C(C)(C)C)c3)c2C)c(C)c1.[Pd+2]. The van der Waals surface area contributed by atoms with Gasteiger partial charge in [-0.25, -0.2) is 4.98 Å². The number of aromatic nitrogens is 4. The van der Waals surface area contributed by atoms with Gasteiger partial charge in [-0.1, -0.05) is 76.0 Å². The van der Waals surface area contributed by atoms with Crippen LogP contribution in [0.15, 0.2) is 79.0 Å². The predicted octanol–water partition coefficient (Wildman–Crippen LogP) is 11.5. The quantitative estimate of drug-likeness (QED) is 0.120. The summed E-state index contributed by atoms with van der Waals surface area (Å²) in [4.78, 5) is 4.83. The maximum Gasteiger partial charge on any atom is 2.00 e. The van der Waals surface area contributed by atoms with E-state index in [1.54, 1.807) is 0 Å². The van der Waals surface area contributed by atoms with Crippen molar-refractivity contribution in [1.82, 2.24) is 19.3 Å². The summed E-state index contributed by atoms with van der Waals surface area (Å²) in [7, 11) is 0. The number of pyridine rings is 1. The van der Waals surface area contributed by atoms with Crippen LogP contribution in [0, 0.1) is 52.7 Å². The number of hydrogen-bond donors (Lipinski definition) is 0. The first kappa shape index (κ1) is 36.3. The maximum absolute atomic E-state index is 6.67. The Balaban J connectivity index is 0.00000448. The maximum atomic E-state index is 6.67. The Morgan fingerprint density at radius 1 is 0.784 bits per heavy atom. The Labute approximate surface area is 316 Å². The van der Waals surface area contributed by atoms with Crippen LogP contribution in [0.4, 0.5) is 0 Å². The first-order valence-electron chi connectivity index (χ1n) is 17.6. The van der Waals surface area contributed by atoms with E-state index in [1.165, 1.54) is 33.4 Å². The van der Waals surface area contributed by atoms with Gasteiger partial charge in [0.15, 0.2) is 0 Å². The second-order valence-electron chi connectivity index (χ2n) is 15.3. The van der Waals surface area contributed by atoms with Gasteiger partial charge in [-0.05, 0) is 104 Å². The second-order valence-corrected chi connectivity index (χ2v) is 15.3. The zero-order valence-corrected chi connectivity index (χ0v) is 32.9. The molecule has 4 aromatic carbocycles. The molecular formula is C45H46N4OPd. The number of hydrogen-bond acceptors (Lipinski definition) is 3. The van der Waals surface area contributed by atoms with Gasteiger partial charge in [-0.15, -0.1) is 41.3 Å². The zero-order valence-electron chi connectivity index (χ0n) is 31.3. The topological polar surface area (TPSA) is 44.9 Å². The molecule has 51 heavy (non-hydrogen) atoms. The number of aryl methyl sites for hydroxylation is 4. The number of benzene rings is 4. The fraction of sp³-hybridized carbons (Fsp3) is 0.289. The molecule has 0 atom stereocenters. The van der Waals surface area contributed by atoms with Gasteiger partial charge in [-0.3, -0.25) is 4.68 Å². The Kier molecular flexibility index (Phi) is 9.90. The summed E-state index contributed by atoms with van der Waals surface area (Å²) >= 11 is 0. The van der Waals surface area contributed by atoms with Crippen LogP contribution in [0.2, 0.25) is 0 Å². The van der Waals surface area contributed by atoms with Crippen LogP contribution in [0.1, 0.15) is 73.8 Å². The number of para-hydroxylation sites is 1. The summed E-state index contributed by atoms with van der Waals surface area (Å²) in [5.41, 5.74) is 13.4. The van der Waals surface area contributed by atoms with Crippen molar-refractivity contribution in [3.8, 4) is 34.1 Å². The molecule has 0 aliphatic heterocycles. The van der Waals surface area contributed by atoms with E-state index in [2.05, 4.69) is 153 Å². The van der Waals surface area contributed by atoms with Crippen LogP contribution in [0.3, 0.4) is 0 Å². The molecule has 0 aliphatic rings. The molecule has 0 unspecified atom stereocenters. The average molecular weight is 765 g/mol. The Bertz CT molecular complexity index is 2380. The van der Waals surface area contributed by atoms with Crippen molar-refractivity contribution < 1.29 is 25.2 Å². The molecule has 0 amide bonds. The molecule has 3 aromatic heterocycles. The van der Waals surface area contributed by atoms with Crippen molar-refractivity contribution in [1.29, 1.82) is 0 Å². The molecule has 0 spiro atoms. The van der Waals surface area contributed by atoms with Crippen LogP contribution in [0.5, 0.6) is 11.5 Å². The van der Waals surface area contributed by atoms with Crippen LogP contribution in [0.25, 0.3) is 44.4 Å². The molecule has 7 aromatic rings. The number of fused-ring (bicyclic) bond motifs is 3. The standard InChI is InChI=1S/C45H46N4O.Pd/c1-27(2)19-33-17-18-46-42(22-33)48-40-14-12-11-13-38(40)39-16-15-36(26-41(39)48)50-37-24-34(45(8,9)10)23-35(25-37)49-32(7)44(31(6)47-49)43-29(4)20-28(3)21-30(43)5;/h11-18,20-24,27H,19H2,1-10H3;/q-2;+2. The summed E-state index contributed by atoms with van der Waals surface area (Å²) in [5, 5.41) is 7.34. The third kappa shape index (κ3) is 6.93. The monoisotopic (exact) mass is 764 g/mol. The van der Waals surface area contributed by atoms with Crippen molar-refractivity contribution >= 4 is 21.8 Å². The minimum Gasteiger partial charge on any atom is -0.509 e. The first-order valence-corrected chi connectivity index (χ1v) is 17.6. The van der Waals surface area contributed by atoms with Crippen LogP contribution in [-0.2, 0) is 32.3 Å². The summed E-state index contributed by atoms with van der Waals surface area (Å²) < 4.78 is 10.9. The van der Waals surface area contributed by atoms with Gasteiger partial charge in [0, 0.05) is 34.5 Å². The van der Waals surface area contributed by atoms with Gasteiger partial charge < -0.3 is 9.30 Å². The van der Waals surface area contributed by atoms with E-state index in [9.17, 15) is 0 Å². The molecule has 0 radical (unpaired) electrons. The van der Waals surface area contributed by atoms with E-state index in [0.29, 0.717) is 17.4 Å². The largest absolute Gasteiger partial charge is 2.00 e. The minimum atomic E-state index is -0.127. The molecular weight excluding hydrogens is 719 g/mol. The van der Waals surface area contributed by atoms with Gasteiger partial charge >= 0.3 is 20.4 Å². The predicted molar refractivity (Wildman–Crippen MR) is 206 cm³/mol. The molecule has 0 fully saturated rings. The average Bonchev–Trinajstić information content (AvgIpc) is 3.53. The Morgan fingerprint density at radius 2 is 1.51 bits per heavy atom. The van der Waals surface area contributed by atoms with Crippen molar-refractivity contribution in [3.63, 3.8) is 0 Å². The van der Waals surface area contributed by atoms with E-state index in [0.717, 1.165) is 56.7 Å². The smallest absolute Gasteiger partial charge is 0.509 e. The Morgan fingerprint density at radius 3 is 2.22 bits per heavy atom. The van der Waals surface area contributed by atoms with Gasteiger partial charge in [0.05, 0.1) is 5.69 Å². The first-order chi connectivity index (χ1) is 23.8. The number of rotatable bonds is 7. The van der Waals surface area contributed by atoms with E-state index in [4.69, 9.17) is 14.8 Å². The van der Waals surface area contributed by atoms with Crippen LogP contribution >= 0.6 is 0 Å². The van der Waals surface area contributed by atoms with E-state index >= 15 is 0 Å². The molecule has 7 rings (SSSR count). The molecule has 0 saturated carbocycles. The van der Waals surface area contributed by atoms with Gasteiger partial charge in [0.2, 0.25) is 0 Å². The van der Waals surface area contributed by atoms with Crippen LogP contribution in [-0.4, -0.2) is 19.3 Å². The molecule has 6 heteroatoms. The second kappa shape index (κ2) is 13.9. The Hall–Kier alpha value is -4.50. The summed E-state index contributed by atoms with van der Waals surface area (Å²) in [6.45, 7) is 21.9. The summed E-state index contributed by atoms with van der Waals surface area (Å²) in [6.07, 6.45) is 2.91. The van der Waals surface area contributed by atoms with E-state index in [-0.39, 0.29) is 25.8 Å². The molecule has 0 aliphatic carbocycles. The molecule has 3 heterocycles. The van der Waals surface area contributed by atoms with Crippen molar-refractivity contribution in [2.45, 2.75) is 81.1 Å². The normalized spacial score (nSPS) is 11.8. The number of ether oxygens (including phenoxy) is 1. The molecule has 0 N–H and O–H groups in total. The fourth-order valence-electron chi connectivity index (χ4n) is 7.42. The van der Waals surface area contributed by atoms with E-state index < -0.39 is 0 Å². The minimum absolute atomic E-state index is 0. The molecule has 5 nitrogen and oxygen atoms in total. The van der Waals surface area contributed by atoms with Crippen molar-refractivity contribution in [2.75, 3.05) is 0 Å². The summed E-state index contributed by atoms with van der Waals surface area (Å²) in [5.74, 6) is 2.68. The molecule has 0 saturated heterocycles. The van der Waals surface area contributed by atoms with Gasteiger partial charge in [-0.2, -0.15) is 11.2 Å². The number of nitrogens with zero attached hydrogens (tertiary/aromatic N) is 4. The summed E-state index contributed by atoms with van der Waals surface area (Å²) in [6, 6.07) is 32.9. The van der Waals surface area contributed by atoms with Gasteiger partial charge in [0.1, 0.15) is 5.82 Å².